The van der Waals surface area contributed by atoms with E-state index in [2.05, 4.69) is 16.0 Å². The van der Waals surface area contributed by atoms with E-state index in [0.717, 1.165) is 56.1 Å². The highest BCUT2D eigenvalue weighted by Gasteiger charge is 2.35. The van der Waals surface area contributed by atoms with E-state index in [1.165, 1.54) is 43.4 Å². The van der Waals surface area contributed by atoms with Crippen molar-refractivity contribution in [1.29, 1.82) is 0 Å². The van der Waals surface area contributed by atoms with Crippen LogP contribution in [0.25, 0.3) is 0 Å². The Labute approximate surface area is 414 Å². The molecular weight excluding hydrogens is 907 g/mol. The molecule has 0 saturated carbocycles. The fraction of sp³-hybridized carbons (Fsp3) is 0.725. The first-order valence-electron chi connectivity index (χ1n) is 25.5. The van der Waals surface area contributed by atoms with E-state index >= 15 is 0 Å². The highest BCUT2D eigenvalue weighted by molar-refractivity contribution is 5.93. The molecule has 0 aliphatic carbocycles. The van der Waals surface area contributed by atoms with Crippen molar-refractivity contribution in [3.8, 4) is 0 Å². The summed E-state index contributed by atoms with van der Waals surface area (Å²) >= 11 is 0. The molecule has 0 aromatic heterocycles. The minimum Gasteiger partial charge on any atom is -0.481 e. The molecule has 1 fully saturated rings. The van der Waals surface area contributed by atoms with Crippen LogP contribution in [0, 0.1) is 12.8 Å². The standard InChI is InChI=1S/C51H83N5O14/c1-39-20-22-40(23-21-39)35-41(50(52)64)36-44(57)43-17-16-28-56(43)48(61)38-70-34-32-68-30-27-54-47(60)37-69-33-31-67-29-26-53-45(58)25-24-42(51(65)66)55-46(59)18-14-12-10-8-6-4-2-3-5-7-9-11-13-15-19-49(62)63/h20-23,41-43H,2-19,24-38H2,1H3,(H2,52,64)(H,53,58)(H,54,60)(H,55,59)(H,62,63)(H,65,66)/t41-,42?,43+/m1/s1. The number of aliphatic carboxylic acids is 2. The highest BCUT2D eigenvalue weighted by atomic mass is 16.5. The number of unbranched alkanes of at least 4 members (excludes halogenated alkanes) is 13. The van der Waals surface area contributed by atoms with Crippen molar-refractivity contribution in [3.05, 3.63) is 35.4 Å². The summed E-state index contributed by atoms with van der Waals surface area (Å²) < 4.78 is 21.7. The number of hydrogen-bond donors (Lipinski definition) is 6. The van der Waals surface area contributed by atoms with Crippen LogP contribution in [-0.4, -0.2) is 147 Å². The van der Waals surface area contributed by atoms with Gasteiger partial charge in [0.25, 0.3) is 0 Å². The third-order valence-corrected chi connectivity index (χ3v) is 12.1. The van der Waals surface area contributed by atoms with Crippen LogP contribution in [0.5, 0.6) is 0 Å². The van der Waals surface area contributed by atoms with Gasteiger partial charge in [0, 0.05) is 51.2 Å². The number of carboxylic acids is 2. The number of benzene rings is 1. The zero-order chi connectivity index (χ0) is 51.2. The molecule has 3 atom stereocenters. The monoisotopic (exact) mass is 990 g/mol. The lowest BCUT2D eigenvalue weighted by Gasteiger charge is -2.25. The number of nitrogens with one attached hydrogen (secondary N) is 3. The van der Waals surface area contributed by atoms with Crippen molar-refractivity contribution in [1.82, 2.24) is 20.9 Å². The Morgan fingerprint density at radius 1 is 0.643 bits per heavy atom. The molecule has 5 amide bonds. The Hall–Kier alpha value is -4.98. The molecule has 1 unspecified atom stereocenters. The maximum atomic E-state index is 13.2. The summed E-state index contributed by atoms with van der Waals surface area (Å²) in [6.45, 7) is 3.47. The molecular formula is C51H83N5O14. The normalized spacial score (nSPS) is 14.2. The molecule has 2 rings (SSSR count). The van der Waals surface area contributed by atoms with Gasteiger partial charge in [0.2, 0.25) is 29.5 Å². The number of carbonyl (C=O) groups excluding carboxylic acids is 6. The molecule has 19 nitrogen and oxygen atoms in total. The third-order valence-electron chi connectivity index (χ3n) is 12.1. The van der Waals surface area contributed by atoms with Gasteiger partial charge in [-0.1, -0.05) is 107 Å². The zero-order valence-electron chi connectivity index (χ0n) is 41.7. The van der Waals surface area contributed by atoms with Crippen molar-refractivity contribution >= 4 is 47.3 Å². The molecule has 19 heteroatoms. The fourth-order valence-electron chi connectivity index (χ4n) is 8.06. The maximum Gasteiger partial charge on any atom is 0.326 e. The molecule has 0 radical (unpaired) electrons. The first-order chi connectivity index (χ1) is 33.8. The second-order valence-corrected chi connectivity index (χ2v) is 18.1. The van der Waals surface area contributed by atoms with Gasteiger partial charge in [-0.25, -0.2) is 4.79 Å². The van der Waals surface area contributed by atoms with E-state index in [1.54, 1.807) is 0 Å². The van der Waals surface area contributed by atoms with Crippen LogP contribution in [0.4, 0.5) is 0 Å². The number of likely N-dealkylation sites (tertiary alicyclic amines) is 1. The van der Waals surface area contributed by atoms with Gasteiger partial charge in [0.1, 0.15) is 19.3 Å². The van der Waals surface area contributed by atoms with Crippen molar-refractivity contribution in [2.75, 3.05) is 72.5 Å². The number of nitrogens with zero attached hydrogens (tertiary/aromatic N) is 1. The summed E-state index contributed by atoms with van der Waals surface area (Å²) in [6, 6.07) is 5.95. The summed E-state index contributed by atoms with van der Waals surface area (Å²) in [5.74, 6) is -4.66. The number of hydrogen-bond acceptors (Lipinski definition) is 12. The van der Waals surface area contributed by atoms with Gasteiger partial charge in [-0.05, 0) is 51.0 Å². The number of primary amides is 1. The van der Waals surface area contributed by atoms with Crippen molar-refractivity contribution in [3.63, 3.8) is 0 Å². The van der Waals surface area contributed by atoms with E-state index < -0.39 is 35.8 Å². The predicted molar refractivity (Wildman–Crippen MR) is 262 cm³/mol. The maximum absolute atomic E-state index is 13.2. The number of Topliss-reactive ketones (excluding diaryl/α,β-unsaturated/α-hetero) is 1. The molecule has 1 aromatic rings. The summed E-state index contributed by atoms with van der Waals surface area (Å²) in [5.41, 5.74) is 7.64. The Balaban J connectivity index is 1.39. The van der Waals surface area contributed by atoms with Crippen molar-refractivity contribution < 1.29 is 67.5 Å². The molecule has 7 N–H and O–H groups in total. The molecule has 1 aliphatic heterocycles. The summed E-state index contributed by atoms with van der Waals surface area (Å²) in [5, 5.41) is 26.1. The molecule has 0 bridgehead atoms. The van der Waals surface area contributed by atoms with Gasteiger partial charge < -0.3 is 55.7 Å². The number of nitrogens with two attached hydrogens (primary N) is 1. The number of ketones is 1. The number of ether oxygens (including phenoxy) is 4. The summed E-state index contributed by atoms with van der Waals surface area (Å²) in [4.78, 5) is 98.6. The van der Waals surface area contributed by atoms with Gasteiger partial charge >= 0.3 is 11.9 Å². The minimum atomic E-state index is -1.19. The van der Waals surface area contributed by atoms with E-state index in [9.17, 15) is 43.5 Å². The van der Waals surface area contributed by atoms with Gasteiger partial charge in [-0.15, -0.1) is 0 Å². The lowest BCUT2D eigenvalue weighted by Crippen LogP contribution is -2.43. The number of carboxylic acid groups (broad SMARTS) is 2. The Morgan fingerprint density at radius 2 is 1.16 bits per heavy atom. The lowest BCUT2D eigenvalue weighted by atomic mass is 9.91. The SMILES string of the molecule is Cc1ccc(C[C@H](CC(=O)[C@@H]2CCCN2C(=O)COCCOCCNC(=O)COCCOCCNC(=O)CCC(NC(=O)CCCCCCCCCCCCCCCCC(=O)O)C(=O)O)C(N)=O)cc1. The van der Waals surface area contributed by atoms with E-state index in [0.29, 0.717) is 32.2 Å². The largest absolute Gasteiger partial charge is 0.481 e. The smallest absolute Gasteiger partial charge is 0.326 e. The predicted octanol–water partition coefficient (Wildman–Crippen LogP) is 4.56. The Morgan fingerprint density at radius 3 is 1.70 bits per heavy atom. The zero-order valence-corrected chi connectivity index (χ0v) is 41.7. The van der Waals surface area contributed by atoms with Gasteiger partial charge in [0.05, 0.1) is 45.7 Å². The van der Waals surface area contributed by atoms with Gasteiger partial charge in [0.15, 0.2) is 5.78 Å². The van der Waals surface area contributed by atoms with Gasteiger partial charge in [-0.2, -0.15) is 0 Å². The van der Waals surface area contributed by atoms with Crippen LogP contribution in [-0.2, 0) is 63.7 Å². The van der Waals surface area contributed by atoms with E-state index in [-0.39, 0.29) is 127 Å². The molecule has 396 valence electrons. The fourth-order valence-corrected chi connectivity index (χ4v) is 8.06. The lowest BCUT2D eigenvalue weighted by molar-refractivity contribution is -0.142. The molecule has 1 saturated heterocycles. The number of aryl methyl sites for hydroxylation is 1. The number of amides is 5. The minimum absolute atomic E-state index is 0.0342. The van der Waals surface area contributed by atoms with E-state index in [4.69, 9.17) is 29.8 Å². The van der Waals surface area contributed by atoms with Crippen LogP contribution in [0.2, 0.25) is 0 Å². The summed E-state index contributed by atoms with van der Waals surface area (Å²) in [7, 11) is 0. The Bertz CT molecular complexity index is 1700. The second-order valence-electron chi connectivity index (χ2n) is 18.1. The topological polar surface area (TPSA) is 279 Å². The van der Waals surface area contributed by atoms with Crippen LogP contribution in [0.1, 0.15) is 146 Å². The Kier molecular flexibility index (Phi) is 33.8. The van der Waals surface area contributed by atoms with Gasteiger partial charge in [-0.3, -0.25) is 33.6 Å². The first kappa shape index (κ1) is 61.1. The van der Waals surface area contributed by atoms with E-state index in [1.807, 2.05) is 31.2 Å². The van der Waals surface area contributed by atoms with Crippen LogP contribution in [0.15, 0.2) is 24.3 Å². The van der Waals surface area contributed by atoms with Crippen LogP contribution < -0.4 is 21.7 Å². The molecule has 1 aromatic carbocycles. The molecule has 1 aliphatic rings. The summed E-state index contributed by atoms with van der Waals surface area (Å²) in [6.07, 6.45) is 16.9. The van der Waals surface area contributed by atoms with Crippen molar-refractivity contribution in [2.24, 2.45) is 11.7 Å². The van der Waals surface area contributed by atoms with Crippen LogP contribution >= 0.6 is 0 Å². The molecule has 1 heterocycles. The quantitative estimate of drug-likeness (QED) is 0.0489. The second kappa shape index (κ2) is 38.7. The number of rotatable bonds is 44. The van der Waals surface area contributed by atoms with Crippen molar-refractivity contribution in [2.45, 2.75) is 160 Å². The average Bonchev–Trinajstić information content (AvgIpc) is 3.83. The van der Waals surface area contributed by atoms with Crippen LogP contribution in [0.3, 0.4) is 0 Å². The number of carbonyl (C=O) groups is 8. The first-order valence-corrected chi connectivity index (χ1v) is 25.5. The highest BCUT2D eigenvalue weighted by Crippen LogP contribution is 2.23. The molecule has 70 heavy (non-hydrogen) atoms. The average molecular weight is 990 g/mol. The third kappa shape index (κ3) is 30.6. The molecule has 0 spiro atoms.